The van der Waals surface area contributed by atoms with Crippen molar-refractivity contribution in [1.29, 1.82) is 0 Å². The molecule has 90 valence electrons. The molecule has 5 heteroatoms. The quantitative estimate of drug-likeness (QED) is 0.877. The van der Waals surface area contributed by atoms with E-state index in [-0.39, 0.29) is 5.91 Å². The first-order chi connectivity index (χ1) is 8.25. The molecule has 0 fully saturated rings. The highest BCUT2D eigenvalue weighted by Crippen LogP contribution is 2.08. The van der Waals surface area contributed by atoms with Crippen LogP contribution in [0.1, 0.15) is 17.7 Å². The number of hydrogen-bond acceptors (Lipinski definition) is 3. The van der Waals surface area contributed by atoms with Crippen LogP contribution in [-0.4, -0.2) is 15.7 Å². The average molecular weight is 249 g/mol. The van der Waals surface area contributed by atoms with Crippen LogP contribution in [0.25, 0.3) is 0 Å². The Morgan fingerprint density at radius 3 is 3.06 bits per heavy atom. The van der Waals surface area contributed by atoms with Gasteiger partial charge in [0.05, 0.1) is 12.2 Å². The molecule has 1 N–H and O–H groups in total. The average Bonchev–Trinajstić information content (AvgIpc) is 2.95. The molecule has 0 bridgehead atoms. The zero-order valence-corrected chi connectivity index (χ0v) is 10.5. The molecule has 0 aromatic carbocycles. The zero-order chi connectivity index (χ0) is 12.1. The van der Waals surface area contributed by atoms with Gasteiger partial charge < -0.3 is 5.32 Å². The molecule has 0 aliphatic heterocycles. The molecule has 0 aliphatic rings. The van der Waals surface area contributed by atoms with Gasteiger partial charge in [0.25, 0.3) is 0 Å². The maximum atomic E-state index is 11.6. The first-order valence-electron chi connectivity index (χ1n) is 5.50. The second kappa shape index (κ2) is 5.63. The van der Waals surface area contributed by atoms with E-state index in [0.717, 1.165) is 12.1 Å². The third-order valence-corrected chi connectivity index (χ3v) is 3.34. The van der Waals surface area contributed by atoms with Crippen LogP contribution in [0, 0.1) is 0 Å². The highest BCUT2D eigenvalue weighted by molar-refractivity contribution is 7.07. The molecule has 0 atom stereocenters. The van der Waals surface area contributed by atoms with E-state index in [1.165, 1.54) is 5.56 Å². The van der Waals surface area contributed by atoms with Gasteiger partial charge in [-0.1, -0.05) is 0 Å². The van der Waals surface area contributed by atoms with Crippen molar-refractivity contribution in [2.45, 2.75) is 19.4 Å². The van der Waals surface area contributed by atoms with Crippen LogP contribution in [0.5, 0.6) is 0 Å². The Bertz CT molecular complexity index is 476. The number of nitrogens with one attached hydrogen (secondary N) is 1. The number of aryl methyl sites for hydroxylation is 2. The SMILES string of the molecule is Cn1nccc1CNC(=O)CCc1ccsc1. The third-order valence-electron chi connectivity index (χ3n) is 2.61. The highest BCUT2D eigenvalue weighted by atomic mass is 32.1. The van der Waals surface area contributed by atoms with Crippen molar-refractivity contribution in [3.05, 3.63) is 40.3 Å². The van der Waals surface area contributed by atoms with E-state index >= 15 is 0 Å². The highest BCUT2D eigenvalue weighted by Gasteiger charge is 2.04. The van der Waals surface area contributed by atoms with Crippen molar-refractivity contribution in [1.82, 2.24) is 15.1 Å². The summed E-state index contributed by atoms with van der Waals surface area (Å²) < 4.78 is 1.76. The Morgan fingerprint density at radius 2 is 2.41 bits per heavy atom. The minimum atomic E-state index is 0.0809. The van der Waals surface area contributed by atoms with Crippen molar-refractivity contribution < 1.29 is 4.79 Å². The molecular formula is C12H15N3OS. The van der Waals surface area contributed by atoms with Gasteiger partial charge in [0.1, 0.15) is 0 Å². The van der Waals surface area contributed by atoms with Gasteiger partial charge in [0.2, 0.25) is 5.91 Å². The summed E-state index contributed by atoms with van der Waals surface area (Å²) in [6, 6.07) is 3.96. The standard InChI is InChI=1S/C12H15N3OS/c1-15-11(4-6-14-15)8-13-12(16)3-2-10-5-7-17-9-10/h4-7,9H,2-3,8H2,1H3,(H,13,16). The molecule has 0 unspecified atom stereocenters. The summed E-state index contributed by atoms with van der Waals surface area (Å²) >= 11 is 1.66. The van der Waals surface area contributed by atoms with Gasteiger partial charge in [-0.15, -0.1) is 0 Å². The van der Waals surface area contributed by atoms with Crippen molar-refractivity contribution >= 4 is 17.2 Å². The first-order valence-corrected chi connectivity index (χ1v) is 6.44. The number of carbonyl (C=O) groups excluding carboxylic acids is 1. The second-order valence-electron chi connectivity index (χ2n) is 3.85. The van der Waals surface area contributed by atoms with Crippen LogP contribution in [0.2, 0.25) is 0 Å². The van der Waals surface area contributed by atoms with Gasteiger partial charge in [0, 0.05) is 19.7 Å². The summed E-state index contributed by atoms with van der Waals surface area (Å²) in [7, 11) is 1.87. The molecule has 0 radical (unpaired) electrons. The van der Waals surface area contributed by atoms with Gasteiger partial charge >= 0.3 is 0 Å². The first kappa shape index (κ1) is 11.9. The second-order valence-corrected chi connectivity index (χ2v) is 4.63. The summed E-state index contributed by atoms with van der Waals surface area (Å²) in [6.07, 6.45) is 3.07. The summed E-state index contributed by atoms with van der Waals surface area (Å²) in [6.45, 7) is 0.541. The summed E-state index contributed by atoms with van der Waals surface area (Å²) in [5.41, 5.74) is 2.24. The topological polar surface area (TPSA) is 46.9 Å². The Morgan fingerprint density at radius 1 is 1.53 bits per heavy atom. The fraction of sp³-hybridized carbons (Fsp3) is 0.333. The lowest BCUT2D eigenvalue weighted by Gasteiger charge is -2.05. The molecule has 17 heavy (non-hydrogen) atoms. The molecule has 2 aromatic rings. The van der Waals surface area contributed by atoms with Crippen LogP contribution < -0.4 is 5.32 Å². The van der Waals surface area contributed by atoms with Crippen LogP contribution in [0.15, 0.2) is 29.1 Å². The molecule has 0 saturated heterocycles. The number of amides is 1. The number of carbonyl (C=O) groups is 1. The van der Waals surface area contributed by atoms with Gasteiger partial charge in [0.15, 0.2) is 0 Å². The van der Waals surface area contributed by atoms with Crippen molar-refractivity contribution in [3.8, 4) is 0 Å². The van der Waals surface area contributed by atoms with Gasteiger partial charge in [-0.2, -0.15) is 16.4 Å². The fourth-order valence-electron chi connectivity index (χ4n) is 1.55. The van der Waals surface area contributed by atoms with Crippen molar-refractivity contribution in [3.63, 3.8) is 0 Å². The molecule has 0 aliphatic carbocycles. The minimum Gasteiger partial charge on any atom is -0.350 e. The van der Waals surface area contributed by atoms with Crippen LogP contribution in [-0.2, 0) is 24.8 Å². The van der Waals surface area contributed by atoms with Crippen LogP contribution in [0.3, 0.4) is 0 Å². The number of hydrogen-bond donors (Lipinski definition) is 1. The maximum absolute atomic E-state index is 11.6. The molecule has 0 saturated carbocycles. The van der Waals surface area contributed by atoms with Gasteiger partial charge in [-0.3, -0.25) is 9.48 Å². The molecular weight excluding hydrogens is 234 g/mol. The smallest absolute Gasteiger partial charge is 0.220 e. The van der Waals surface area contributed by atoms with E-state index < -0.39 is 0 Å². The summed E-state index contributed by atoms with van der Waals surface area (Å²) in [5, 5.41) is 11.0. The number of nitrogens with zero attached hydrogens (tertiary/aromatic N) is 2. The minimum absolute atomic E-state index is 0.0809. The van der Waals surface area contributed by atoms with Crippen molar-refractivity contribution in [2.24, 2.45) is 7.05 Å². The lowest BCUT2D eigenvalue weighted by molar-refractivity contribution is -0.121. The Kier molecular flexibility index (Phi) is 3.93. The Hall–Kier alpha value is -1.62. The molecule has 1 amide bonds. The fourth-order valence-corrected chi connectivity index (χ4v) is 2.25. The predicted molar refractivity (Wildman–Crippen MR) is 67.7 cm³/mol. The molecule has 2 heterocycles. The van der Waals surface area contributed by atoms with E-state index in [1.807, 2.05) is 18.5 Å². The Balaban J connectivity index is 1.73. The zero-order valence-electron chi connectivity index (χ0n) is 9.72. The van der Waals surface area contributed by atoms with Gasteiger partial charge in [-0.25, -0.2) is 0 Å². The van der Waals surface area contributed by atoms with Crippen LogP contribution in [0.4, 0.5) is 0 Å². The van der Waals surface area contributed by atoms with Crippen molar-refractivity contribution in [2.75, 3.05) is 0 Å². The molecule has 2 rings (SSSR count). The predicted octanol–water partition coefficient (Wildman–Crippen LogP) is 1.73. The molecule has 4 nitrogen and oxygen atoms in total. The number of rotatable bonds is 5. The Labute approximate surface area is 104 Å². The lowest BCUT2D eigenvalue weighted by atomic mass is 10.2. The normalized spacial score (nSPS) is 10.4. The van der Waals surface area contributed by atoms with Gasteiger partial charge in [-0.05, 0) is 34.9 Å². The molecule has 0 spiro atoms. The summed E-state index contributed by atoms with van der Waals surface area (Å²) in [4.78, 5) is 11.6. The third kappa shape index (κ3) is 3.42. The number of aromatic nitrogens is 2. The monoisotopic (exact) mass is 249 g/mol. The summed E-state index contributed by atoms with van der Waals surface area (Å²) in [5.74, 6) is 0.0809. The van der Waals surface area contributed by atoms with E-state index in [4.69, 9.17) is 0 Å². The maximum Gasteiger partial charge on any atom is 0.220 e. The number of thiophene rings is 1. The largest absolute Gasteiger partial charge is 0.350 e. The van der Waals surface area contributed by atoms with E-state index in [9.17, 15) is 4.79 Å². The van der Waals surface area contributed by atoms with E-state index in [1.54, 1.807) is 22.2 Å². The van der Waals surface area contributed by atoms with E-state index in [2.05, 4.69) is 21.9 Å². The molecule has 2 aromatic heterocycles. The van der Waals surface area contributed by atoms with Crippen LogP contribution >= 0.6 is 11.3 Å². The van der Waals surface area contributed by atoms with E-state index in [0.29, 0.717) is 13.0 Å². The lowest BCUT2D eigenvalue weighted by Crippen LogP contribution is -2.24.